The summed E-state index contributed by atoms with van der Waals surface area (Å²) in [4.78, 5) is 47.5. The minimum absolute atomic E-state index is 0.0773. The van der Waals surface area contributed by atoms with Crippen molar-refractivity contribution >= 4 is 23.0 Å². The van der Waals surface area contributed by atoms with Gasteiger partial charge in [-0.05, 0) is 12.0 Å². The van der Waals surface area contributed by atoms with E-state index in [2.05, 4.69) is 5.32 Å². The van der Waals surface area contributed by atoms with Crippen LogP contribution in [0.25, 0.3) is 0 Å². The van der Waals surface area contributed by atoms with Gasteiger partial charge in [0.25, 0.3) is 11.2 Å². The van der Waals surface area contributed by atoms with Gasteiger partial charge in [0.1, 0.15) is 11.4 Å². The maximum Gasteiger partial charge on any atom is 0.332 e. The summed E-state index contributed by atoms with van der Waals surface area (Å²) in [5.41, 5.74) is 4.52. The lowest BCUT2D eigenvalue weighted by molar-refractivity contribution is -0.384. The van der Waals surface area contributed by atoms with Crippen molar-refractivity contribution in [2.75, 3.05) is 17.6 Å². The van der Waals surface area contributed by atoms with Crippen LogP contribution in [0.5, 0.6) is 0 Å². The Morgan fingerprint density at radius 1 is 1.33 bits per heavy atom. The molecule has 1 aromatic carbocycles. The van der Waals surface area contributed by atoms with Gasteiger partial charge in [0.15, 0.2) is 5.78 Å². The zero-order chi connectivity index (χ0) is 20.3. The van der Waals surface area contributed by atoms with E-state index in [4.69, 9.17) is 5.73 Å². The van der Waals surface area contributed by atoms with E-state index in [1.165, 1.54) is 29.8 Å². The molecule has 0 aliphatic heterocycles. The molecule has 0 fully saturated rings. The van der Waals surface area contributed by atoms with Crippen LogP contribution in [0.2, 0.25) is 0 Å². The van der Waals surface area contributed by atoms with Crippen LogP contribution in [0.4, 0.5) is 17.2 Å². The van der Waals surface area contributed by atoms with Crippen LogP contribution in [0.1, 0.15) is 24.2 Å². The number of nitro groups is 1. The SMILES string of the molecule is CC(C)Cn1c(N)c(C(=O)CNc2cccc([N+](=O)[O-])c2)c(=O)n(C)c1=O. The molecule has 10 nitrogen and oxygen atoms in total. The molecule has 144 valence electrons. The average molecular weight is 375 g/mol. The highest BCUT2D eigenvalue weighted by molar-refractivity contribution is 6.02. The van der Waals surface area contributed by atoms with Gasteiger partial charge in [-0.3, -0.25) is 28.8 Å². The van der Waals surface area contributed by atoms with Gasteiger partial charge < -0.3 is 11.1 Å². The number of nitrogens with one attached hydrogen (secondary N) is 1. The van der Waals surface area contributed by atoms with Gasteiger partial charge in [-0.15, -0.1) is 0 Å². The van der Waals surface area contributed by atoms with Crippen LogP contribution in [0.15, 0.2) is 33.9 Å². The molecule has 3 N–H and O–H groups in total. The van der Waals surface area contributed by atoms with E-state index < -0.39 is 22.0 Å². The van der Waals surface area contributed by atoms with E-state index in [0.717, 1.165) is 4.57 Å². The summed E-state index contributed by atoms with van der Waals surface area (Å²) >= 11 is 0. The van der Waals surface area contributed by atoms with Crippen LogP contribution >= 0.6 is 0 Å². The van der Waals surface area contributed by atoms with E-state index in [9.17, 15) is 24.5 Å². The first-order valence-electron chi connectivity index (χ1n) is 8.24. The summed E-state index contributed by atoms with van der Waals surface area (Å²) < 4.78 is 2.05. The quantitative estimate of drug-likeness (QED) is 0.417. The standard InChI is InChI=1S/C17H21N5O5/c1-10(2)9-21-15(18)14(16(24)20(3)17(21)25)13(23)8-19-11-5-4-6-12(7-11)22(26)27/h4-7,10,19H,8-9,18H2,1-3H3. The van der Waals surface area contributed by atoms with Crippen molar-refractivity contribution in [1.29, 1.82) is 0 Å². The number of aromatic nitrogens is 2. The molecular formula is C17H21N5O5. The number of rotatable bonds is 7. The zero-order valence-corrected chi connectivity index (χ0v) is 15.3. The highest BCUT2D eigenvalue weighted by Crippen LogP contribution is 2.17. The average Bonchev–Trinajstić information content (AvgIpc) is 2.62. The van der Waals surface area contributed by atoms with Crippen molar-refractivity contribution in [3.05, 3.63) is 60.8 Å². The number of ketones is 1. The molecule has 0 aliphatic rings. The van der Waals surface area contributed by atoms with Crippen molar-refractivity contribution in [2.45, 2.75) is 20.4 Å². The van der Waals surface area contributed by atoms with Gasteiger partial charge in [0.2, 0.25) is 0 Å². The zero-order valence-electron chi connectivity index (χ0n) is 15.3. The first kappa shape index (κ1) is 19.9. The van der Waals surface area contributed by atoms with Gasteiger partial charge in [-0.25, -0.2) is 4.79 Å². The summed E-state index contributed by atoms with van der Waals surface area (Å²) in [6.07, 6.45) is 0. The fourth-order valence-corrected chi connectivity index (χ4v) is 2.59. The van der Waals surface area contributed by atoms with Crippen LogP contribution in [-0.4, -0.2) is 26.4 Å². The Balaban J connectivity index is 2.35. The van der Waals surface area contributed by atoms with Gasteiger partial charge >= 0.3 is 5.69 Å². The number of nitro benzene ring substituents is 1. The predicted molar refractivity (Wildman–Crippen MR) is 101 cm³/mol. The molecule has 0 atom stereocenters. The Morgan fingerprint density at radius 2 is 2.00 bits per heavy atom. The molecule has 0 saturated carbocycles. The van der Waals surface area contributed by atoms with E-state index >= 15 is 0 Å². The van der Waals surface area contributed by atoms with E-state index in [0.29, 0.717) is 5.69 Å². The van der Waals surface area contributed by atoms with Gasteiger partial charge in [-0.1, -0.05) is 19.9 Å². The van der Waals surface area contributed by atoms with E-state index in [1.54, 1.807) is 6.07 Å². The number of carbonyl (C=O) groups is 1. The molecule has 27 heavy (non-hydrogen) atoms. The van der Waals surface area contributed by atoms with Crippen molar-refractivity contribution in [1.82, 2.24) is 9.13 Å². The Labute approximate surface area is 154 Å². The third kappa shape index (κ3) is 4.22. The summed E-state index contributed by atoms with van der Waals surface area (Å²) in [6, 6.07) is 5.62. The first-order valence-corrected chi connectivity index (χ1v) is 8.24. The van der Waals surface area contributed by atoms with E-state index in [-0.39, 0.29) is 36.1 Å². The second kappa shape index (κ2) is 7.85. The Kier molecular flexibility index (Phi) is 5.78. The number of hydrogen-bond acceptors (Lipinski definition) is 7. The van der Waals surface area contributed by atoms with Crippen LogP contribution in [-0.2, 0) is 13.6 Å². The molecule has 0 spiro atoms. The largest absolute Gasteiger partial charge is 0.384 e. The summed E-state index contributed by atoms with van der Waals surface area (Å²) in [7, 11) is 1.28. The van der Waals surface area contributed by atoms with Gasteiger partial charge in [0, 0.05) is 31.4 Å². The third-order valence-corrected chi connectivity index (χ3v) is 3.92. The number of hydrogen-bond donors (Lipinski definition) is 2. The minimum Gasteiger partial charge on any atom is -0.384 e. The molecule has 10 heteroatoms. The number of carbonyl (C=O) groups excluding carboxylic acids is 1. The van der Waals surface area contributed by atoms with Crippen molar-refractivity contribution in [3.63, 3.8) is 0 Å². The highest BCUT2D eigenvalue weighted by Gasteiger charge is 2.21. The molecule has 0 saturated heterocycles. The van der Waals surface area contributed by atoms with Crippen LogP contribution in [0.3, 0.4) is 0 Å². The van der Waals surface area contributed by atoms with Crippen molar-refractivity contribution in [2.24, 2.45) is 13.0 Å². The van der Waals surface area contributed by atoms with Crippen LogP contribution < -0.4 is 22.3 Å². The summed E-state index contributed by atoms with van der Waals surface area (Å²) in [5, 5.41) is 13.6. The lowest BCUT2D eigenvalue weighted by Crippen LogP contribution is -2.43. The Bertz CT molecular complexity index is 1010. The molecule has 1 aromatic heterocycles. The number of Topliss-reactive ketones (excluding diaryl/α,β-unsaturated/α-hetero) is 1. The molecule has 1 heterocycles. The molecule has 0 bridgehead atoms. The topological polar surface area (TPSA) is 142 Å². The van der Waals surface area contributed by atoms with Gasteiger partial charge in [-0.2, -0.15) is 0 Å². The molecule has 0 unspecified atom stereocenters. The predicted octanol–water partition coefficient (Wildman–Crippen LogP) is 0.988. The molecular weight excluding hydrogens is 354 g/mol. The number of nitrogens with zero attached hydrogens (tertiary/aromatic N) is 3. The Morgan fingerprint density at radius 3 is 2.59 bits per heavy atom. The number of anilines is 2. The number of nitrogens with two attached hydrogens (primary N) is 1. The third-order valence-electron chi connectivity index (χ3n) is 3.92. The van der Waals surface area contributed by atoms with Crippen molar-refractivity contribution in [3.8, 4) is 0 Å². The molecule has 0 amide bonds. The minimum atomic E-state index is -0.775. The number of benzene rings is 1. The number of nitrogen functional groups attached to an aromatic ring is 1. The summed E-state index contributed by atoms with van der Waals surface area (Å²) in [5.74, 6) is -0.715. The Hall–Kier alpha value is -3.43. The lowest BCUT2D eigenvalue weighted by Gasteiger charge is -2.16. The number of non-ortho nitro benzene ring substituents is 1. The fraction of sp³-hybridized carbons (Fsp3) is 0.353. The highest BCUT2D eigenvalue weighted by atomic mass is 16.6. The van der Waals surface area contributed by atoms with Crippen LogP contribution in [0, 0.1) is 16.0 Å². The summed E-state index contributed by atoms with van der Waals surface area (Å²) in [6.45, 7) is 3.71. The maximum atomic E-state index is 12.6. The monoisotopic (exact) mass is 375 g/mol. The maximum absolute atomic E-state index is 12.6. The fourth-order valence-electron chi connectivity index (χ4n) is 2.59. The molecule has 2 rings (SSSR count). The second-order valence-electron chi connectivity index (χ2n) is 6.50. The lowest BCUT2D eigenvalue weighted by atomic mass is 10.1. The second-order valence-corrected chi connectivity index (χ2v) is 6.50. The van der Waals surface area contributed by atoms with E-state index in [1.807, 2.05) is 13.8 Å². The normalized spacial score (nSPS) is 10.8. The van der Waals surface area contributed by atoms with Gasteiger partial charge in [0.05, 0.1) is 11.5 Å². The molecule has 2 aromatic rings. The molecule has 0 aliphatic carbocycles. The first-order chi connectivity index (χ1) is 12.6. The smallest absolute Gasteiger partial charge is 0.332 e. The molecule has 0 radical (unpaired) electrons. The van der Waals surface area contributed by atoms with Crippen molar-refractivity contribution < 1.29 is 9.72 Å².